The Bertz CT molecular complexity index is 220. The standard InChI is InChI=1S/C7H5NO2/c9-7(10)8-6-4-2-1-3-5-6/h1-5H. The largest absolute Gasteiger partial charge is 0.476 e. The normalized spacial score (nSPS) is 8.80. The summed E-state index contributed by atoms with van der Waals surface area (Å²) in [7, 11) is 0. The summed E-state index contributed by atoms with van der Waals surface area (Å²) in [4.78, 5) is 9.89. The monoisotopic (exact) mass is 135 g/mol. The molecule has 1 aromatic carbocycles. The highest BCUT2D eigenvalue weighted by Gasteiger charge is 1.99. The summed E-state index contributed by atoms with van der Waals surface area (Å²) in [5.41, 5.74) is 0.405. The summed E-state index contributed by atoms with van der Waals surface area (Å²) < 4.78 is 0. The number of para-hydroxylation sites is 1. The number of hydrogen-bond donors (Lipinski definition) is 0. The van der Waals surface area contributed by atoms with Crippen LogP contribution in [-0.4, -0.2) is 6.09 Å². The second kappa shape index (κ2) is 2.87. The quantitative estimate of drug-likeness (QED) is 0.575. The second-order valence-corrected chi connectivity index (χ2v) is 1.71. The molecule has 2 radical (unpaired) electrons. The van der Waals surface area contributed by atoms with Crippen LogP contribution in [-0.2, 0) is 5.11 Å². The predicted octanol–water partition coefficient (Wildman–Crippen LogP) is 1.47. The third kappa shape index (κ3) is 1.78. The predicted molar refractivity (Wildman–Crippen MR) is 34.3 cm³/mol. The van der Waals surface area contributed by atoms with Crippen molar-refractivity contribution in [1.82, 2.24) is 5.32 Å². The molecule has 1 amide bonds. The lowest BCUT2D eigenvalue weighted by Crippen LogP contribution is -2.03. The van der Waals surface area contributed by atoms with Gasteiger partial charge in [-0.15, -0.1) is 0 Å². The first-order valence-electron chi connectivity index (χ1n) is 2.77. The summed E-state index contributed by atoms with van der Waals surface area (Å²) in [5, 5.41) is 13.1. The van der Waals surface area contributed by atoms with Crippen LogP contribution >= 0.6 is 0 Å². The summed E-state index contributed by atoms with van der Waals surface area (Å²) in [6.45, 7) is 0. The highest BCUT2D eigenvalue weighted by Crippen LogP contribution is 2.03. The number of carbonyl (C=O) groups is 1. The Balaban J connectivity index is 2.67. The fourth-order valence-corrected chi connectivity index (χ4v) is 0.608. The van der Waals surface area contributed by atoms with Crippen LogP contribution in [0.25, 0.3) is 0 Å². The first-order chi connectivity index (χ1) is 4.79. The van der Waals surface area contributed by atoms with Crippen molar-refractivity contribution in [3.05, 3.63) is 30.3 Å². The molecule has 0 heterocycles. The Hall–Kier alpha value is -1.51. The Kier molecular flexibility index (Phi) is 1.89. The zero-order valence-corrected chi connectivity index (χ0v) is 5.15. The van der Waals surface area contributed by atoms with E-state index in [4.69, 9.17) is 0 Å². The van der Waals surface area contributed by atoms with Crippen LogP contribution in [0, 0.1) is 0 Å². The lowest BCUT2D eigenvalue weighted by molar-refractivity contribution is 0.172. The van der Waals surface area contributed by atoms with Crippen molar-refractivity contribution in [2.45, 2.75) is 0 Å². The summed E-state index contributed by atoms with van der Waals surface area (Å²) in [6.07, 6.45) is -1.41. The van der Waals surface area contributed by atoms with E-state index in [1.54, 1.807) is 30.3 Å². The van der Waals surface area contributed by atoms with Crippen LogP contribution in [0.15, 0.2) is 30.3 Å². The minimum absolute atomic E-state index is 0.405. The highest BCUT2D eigenvalue weighted by molar-refractivity contribution is 5.70. The Morgan fingerprint density at radius 2 is 1.80 bits per heavy atom. The van der Waals surface area contributed by atoms with E-state index in [0.717, 1.165) is 0 Å². The molecule has 3 heteroatoms. The molecular formula is C7H5NO2. The van der Waals surface area contributed by atoms with Crippen LogP contribution in [0.5, 0.6) is 0 Å². The van der Waals surface area contributed by atoms with Crippen LogP contribution in [0.2, 0.25) is 0 Å². The van der Waals surface area contributed by atoms with Gasteiger partial charge >= 0.3 is 6.09 Å². The van der Waals surface area contributed by atoms with Crippen LogP contribution < -0.4 is 5.32 Å². The molecule has 1 rings (SSSR count). The topological polar surface area (TPSA) is 51.1 Å². The molecule has 0 aliphatic heterocycles. The molecule has 0 fully saturated rings. The number of carbonyl (C=O) groups excluding carboxylic acids is 1. The maximum atomic E-state index is 9.89. The van der Waals surface area contributed by atoms with Gasteiger partial charge in [-0.05, 0) is 12.1 Å². The third-order valence-corrected chi connectivity index (χ3v) is 0.977. The first kappa shape index (κ1) is 6.61. The van der Waals surface area contributed by atoms with Crippen molar-refractivity contribution < 1.29 is 9.90 Å². The van der Waals surface area contributed by atoms with Crippen molar-refractivity contribution in [1.29, 1.82) is 0 Å². The third-order valence-electron chi connectivity index (χ3n) is 0.977. The van der Waals surface area contributed by atoms with Gasteiger partial charge in [-0.3, -0.25) is 0 Å². The SMILES string of the molecule is [O]C(=O)[N]c1ccccc1. The fourth-order valence-electron chi connectivity index (χ4n) is 0.608. The van der Waals surface area contributed by atoms with Gasteiger partial charge < -0.3 is 0 Å². The van der Waals surface area contributed by atoms with E-state index in [0.29, 0.717) is 5.69 Å². The van der Waals surface area contributed by atoms with E-state index in [9.17, 15) is 9.90 Å². The van der Waals surface area contributed by atoms with Gasteiger partial charge in [-0.2, -0.15) is 5.32 Å². The van der Waals surface area contributed by atoms with Crippen LogP contribution in [0.1, 0.15) is 0 Å². The van der Waals surface area contributed by atoms with Crippen LogP contribution in [0.3, 0.4) is 0 Å². The van der Waals surface area contributed by atoms with Gasteiger partial charge in [-0.25, -0.2) is 9.90 Å². The van der Waals surface area contributed by atoms with Crippen molar-refractivity contribution in [2.75, 3.05) is 0 Å². The van der Waals surface area contributed by atoms with E-state index in [1.165, 1.54) is 0 Å². The van der Waals surface area contributed by atoms with E-state index in [1.807, 2.05) is 0 Å². The molecule has 0 N–H and O–H groups in total. The molecule has 10 heavy (non-hydrogen) atoms. The maximum absolute atomic E-state index is 9.89. The number of nitrogens with zero attached hydrogens (tertiary/aromatic N) is 1. The smallest absolute Gasteiger partial charge is 0.218 e. The summed E-state index contributed by atoms with van der Waals surface area (Å²) in [6, 6.07) is 8.39. The van der Waals surface area contributed by atoms with Crippen molar-refractivity contribution in [2.24, 2.45) is 0 Å². The Labute approximate surface area is 58.3 Å². The minimum Gasteiger partial charge on any atom is -0.218 e. The molecule has 0 spiro atoms. The van der Waals surface area contributed by atoms with E-state index < -0.39 is 6.09 Å². The minimum atomic E-state index is -1.41. The molecule has 3 nitrogen and oxygen atoms in total. The lowest BCUT2D eigenvalue weighted by Gasteiger charge is -1.91. The number of rotatable bonds is 1. The van der Waals surface area contributed by atoms with E-state index in [-0.39, 0.29) is 0 Å². The molecule has 0 aromatic heterocycles. The molecule has 1 aromatic rings. The zero-order valence-electron chi connectivity index (χ0n) is 5.15. The molecule has 0 bridgehead atoms. The van der Waals surface area contributed by atoms with Gasteiger partial charge in [0.05, 0.1) is 5.69 Å². The van der Waals surface area contributed by atoms with Gasteiger partial charge in [0, 0.05) is 0 Å². The van der Waals surface area contributed by atoms with Gasteiger partial charge in [-0.1, -0.05) is 18.2 Å². The van der Waals surface area contributed by atoms with E-state index >= 15 is 0 Å². The molecule has 0 aliphatic rings. The van der Waals surface area contributed by atoms with Gasteiger partial charge in [0.15, 0.2) is 0 Å². The van der Waals surface area contributed by atoms with Gasteiger partial charge in [0.25, 0.3) is 0 Å². The second-order valence-electron chi connectivity index (χ2n) is 1.71. The molecule has 0 unspecified atom stereocenters. The maximum Gasteiger partial charge on any atom is 0.476 e. The van der Waals surface area contributed by atoms with Gasteiger partial charge in [0.1, 0.15) is 0 Å². The summed E-state index contributed by atoms with van der Waals surface area (Å²) >= 11 is 0. The van der Waals surface area contributed by atoms with Crippen molar-refractivity contribution in [3.63, 3.8) is 0 Å². The summed E-state index contributed by atoms with van der Waals surface area (Å²) in [5.74, 6) is 0. The zero-order chi connectivity index (χ0) is 7.40. The molecule has 0 atom stereocenters. The molecular weight excluding hydrogens is 130 g/mol. The Morgan fingerprint density at radius 3 is 2.30 bits per heavy atom. The first-order valence-corrected chi connectivity index (χ1v) is 2.77. The molecule has 0 aliphatic carbocycles. The lowest BCUT2D eigenvalue weighted by atomic mass is 10.3. The number of amides is 1. The number of benzene rings is 1. The molecule has 50 valence electrons. The molecule has 0 saturated heterocycles. The van der Waals surface area contributed by atoms with Crippen molar-refractivity contribution >= 4 is 11.8 Å². The molecule has 0 saturated carbocycles. The Morgan fingerprint density at radius 1 is 1.20 bits per heavy atom. The van der Waals surface area contributed by atoms with Gasteiger partial charge in [0.2, 0.25) is 0 Å². The van der Waals surface area contributed by atoms with Crippen LogP contribution in [0.4, 0.5) is 10.5 Å². The average molecular weight is 135 g/mol. The highest BCUT2D eigenvalue weighted by atomic mass is 16.4. The van der Waals surface area contributed by atoms with Crippen molar-refractivity contribution in [3.8, 4) is 0 Å². The number of hydrogen-bond acceptors (Lipinski definition) is 1. The van der Waals surface area contributed by atoms with E-state index in [2.05, 4.69) is 5.32 Å². The average Bonchev–Trinajstić information content (AvgIpc) is 1.88. The fraction of sp³-hybridized carbons (Fsp3) is 0.